The van der Waals surface area contributed by atoms with E-state index >= 15 is 0 Å². The third kappa shape index (κ3) is 4.55. The van der Waals surface area contributed by atoms with Crippen molar-refractivity contribution in [2.75, 3.05) is 5.75 Å². The molecule has 0 bridgehead atoms. The van der Waals surface area contributed by atoms with Crippen molar-refractivity contribution in [2.45, 2.75) is 32.4 Å². The Hall–Kier alpha value is -1.57. The van der Waals surface area contributed by atoms with Gasteiger partial charge in [0.05, 0.1) is 11.8 Å². The zero-order chi connectivity index (χ0) is 14.6. The van der Waals surface area contributed by atoms with Crippen molar-refractivity contribution in [1.82, 2.24) is 10.6 Å². The molecule has 0 saturated heterocycles. The summed E-state index contributed by atoms with van der Waals surface area (Å²) in [4.78, 5) is 22.7. The van der Waals surface area contributed by atoms with E-state index in [-0.39, 0.29) is 11.7 Å². The van der Waals surface area contributed by atoms with Gasteiger partial charge < -0.3 is 15.7 Å². The first-order chi connectivity index (χ1) is 8.75. The van der Waals surface area contributed by atoms with Crippen molar-refractivity contribution in [3.63, 3.8) is 0 Å². The molecule has 0 saturated carbocycles. The van der Waals surface area contributed by atoms with Gasteiger partial charge in [-0.05, 0) is 12.0 Å². The summed E-state index contributed by atoms with van der Waals surface area (Å²) in [6.07, 6.45) is 1.98. The van der Waals surface area contributed by atoms with Gasteiger partial charge in [0.2, 0.25) is 0 Å². The van der Waals surface area contributed by atoms with Gasteiger partial charge in [0.25, 0.3) is 0 Å². The lowest BCUT2D eigenvalue weighted by Gasteiger charge is -2.21. The highest BCUT2D eigenvalue weighted by Crippen LogP contribution is 2.09. The van der Waals surface area contributed by atoms with Crippen LogP contribution in [0.5, 0.6) is 0 Å². The quantitative estimate of drug-likeness (QED) is 0.664. The molecule has 1 heterocycles. The standard InChI is InChI=1S/C11H18N2O5S/c1-3-7(2)9(10(14)15)13-11(16)12-8-4-5-19(17,18)6-8/h4-5,7-9H,3,6H2,1-2H3,(H,14,15)(H2,12,13,16)/t7-,8?,9-/m0/s1. The van der Waals surface area contributed by atoms with Crippen molar-refractivity contribution >= 4 is 21.8 Å². The van der Waals surface area contributed by atoms with Gasteiger partial charge in [-0.25, -0.2) is 18.0 Å². The molecular weight excluding hydrogens is 272 g/mol. The average molecular weight is 290 g/mol. The molecular formula is C11H18N2O5S. The highest BCUT2D eigenvalue weighted by atomic mass is 32.2. The molecule has 1 aliphatic heterocycles. The van der Waals surface area contributed by atoms with Crippen molar-refractivity contribution in [1.29, 1.82) is 0 Å². The largest absolute Gasteiger partial charge is 0.480 e. The summed E-state index contributed by atoms with van der Waals surface area (Å²) < 4.78 is 22.3. The normalized spacial score (nSPS) is 23.6. The van der Waals surface area contributed by atoms with E-state index in [2.05, 4.69) is 10.6 Å². The molecule has 19 heavy (non-hydrogen) atoms. The average Bonchev–Trinajstić information content (AvgIpc) is 2.64. The molecule has 7 nitrogen and oxygen atoms in total. The number of urea groups is 1. The fourth-order valence-corrected chi connectivity index (χ4v) is 2.94. The predicted molar refractivity (Wildman–Crippen MR) is 69.3 cm³/mol. The van der Waals surface area contributed by atoms with E-state index in [1.807, 2.05) is 6.92 Å². The first-order valence-corrected chi connectivity index (χ1v) is 7.67. The van der Waals surface area contributed by atoms with Crippen LogP contribution in [-0.2, 0) is 14.6 Å². The first-order valence-electron chi connectivity index (χ1n) is 5.96. The number of rotatable bonds is 5. The van der Waals surface area contributed by atoms with Crippen LogP contribution in [0.25, 0.3) is 0 Å². The molecule has 108 valence electrons. The molecule has 0 aromatic rings. The van der Waals surface area contributed by atoms with Crippen LogP contribution >= 0.6 is 0 Å². The van der Waals surface area contributed by atoms with E-state index in [0.29, 0.717) is 6.42 Å². The fourth-order valence-electron chi connectivity index (χ4n) is 1.70. The number of carbonyl (C=O) groups is 2. The number of carbonyl (C=O) groups excluding carboxylic acids is 1. The van der Waals surface area contributed by atoms with Crippen molar-refractivity contribution in [2.24, 2.45) is 5.92 Å². The zero-order valence-corrected chi connectivity index (χ0v) is 11.6. The Balaban J connectivity index is 2.55. The van der Waals surface area contributed by atoms with Gasteiger partial charge >= 0.3 is 12.0 Å². The van der Waals surface area contributed by atoms with Crippen molar-refractivity contribution in [3.8, 4) is 0 Å². The van der Waals surface area contributed by atoms with Crippen LogP contribution < -0.4 is 10.6 Å². The van der Waals surface area contributed by atoms with Crippen LogP contribution in [0.2, 0.25) is 0 Å². The number of aliphatic carboxylic acids is 1. The van der Waals surface area contributed by atoms with Crippen LogP contribution in [0.1, 0.15) is 20.3 Å². The number of amides is 2. The Kier molecular flexibility index (Phi) is 4.93. The van der Waals surface area contributed by atoms with Gasteiger partial charge in [0, 0.05) is 5.41 Å². The van der Waals surface area contributed by atoms with Crippen molar-refractivity contribution < 1.29 is 23.1 Å². The second-order valence-corrected chi connectivity index (χ2v) is 6.52. The molecule has 0 spiro atoms. The van der Waals surface area contributed by atoms with E-state index in [9.17, 15) is 18.0 Å². The molecule has 1 rings (SSSR count). The maximum Gasteiger partial charge on any atom is 0.326 e. The molecule has 2 amide bonds. The first kappa shape index (κ1) is 15.5. The molecule has 0 radical (unpaired) electrons. The van der Waals surface area contributed by atoms with E-state index in [4.69, 9.17) is 5.11 Å². The molecule has 0 aromatic carbocycles. The molecule has 0 aliphatic carbocycles. The Bertz CT molecular complexity index is 485. The molecule has 3 N–H and O–H groups in total. The SMILES string of the molecule is CC[C@H](C)[C@H](NC(=O)NC1C=CS(=O)(=O)C1)C(=O)O. The summed E-state index contributed by atoms with van der Waals surface area (Å²) in [7, 11) is -3.25. The Morgan fingerprint density at radius 2 is 2.11 bits per heavy atom. The lowest BCUT2D eigenvalue weighted by atomic mass is 9.99. The molecule has 3 atom stereocenters. The van der Waals surface area contributed by atoms with E-state index in [1.54, 1.807) is 6.92 Å². The lowest BCUT2D eigenvalue weighted by molar-refractivity contribution is -0.140. The van der Waals surface area contributed by atoms with Gasteiger partial charge in [-0.3, -0.25) is 0 Å². The van der Waals surface area contributed by atoms with Crippen LogP contribution in [-0.4, -0.2) is 43.4 Å². The van der Waals surface area contributed by atoms with Crippen LogP contribution in [0.3, 0.4) is 0 Å². The smallest absolute Gasteiger partial charge is 0.326 e. The monoisotopic (exact) mass is 290 g/mol. The third-order valence-corrected chi connectivity index (χ3v) is 4.41. The zero-order valence-electron chi connectivity index (χ0n) is 10.8. The predicted octanol–water partition coefficient (Wildman–Crippen LogP) is 0.0956. The van der Waals surface area contributed by atoms with Gasteiger partial charge in [0.1, 0.15) is 6.04 Å². The fraction of sp³-hybridized carbons (Fsp3) is 0.636. The number of carboxylic acid groups (broad SMARTS) is 1. The third-order valence-electron chi connectivity index (χ3n) is 3.01. The number of hydrogen-bond donors (Lipinski definition) is 3. The van der Waals surface area contributed by atoms with Gasteiger partial charge in [-0.1, -0.05) is 20.3 Å². The minimum Gasteiger partial charge on any atom is -0.480 e. The van der Waals surface area contributed by atoms with Crippen LogP contribution in [0.4, 0.5) is 4.79 Å². The van der Waals surface area contributed by atoms with Crippen LogP contribution in [0, 0.1) is 5.92 Å². The molecule has 0 aromatic heterocycles. The highest BCUT2D eigenvalue weighted by molar-refractivity contribution is 7.94. The summed E-state index contributed by atoms with van der Waals surface area (Å²) in [5.41, 5.74) is 0. The lowest BCUT2D eigenvalue weighted by Crippen LogP contribution is -2.51. The Labute approximate surface area is 112 Å². The molecule has 1 unspecified atom stereocenters. The minimum absolute atomic E-state index is 0.193. The maximum atomic E-state index is 11.6. The summed E-state index contributed by atoms with van der Waals surface area (Å²) in [5, 5.41) is 14.8. The molecule has 1 aliphatic rings. The summed E-state index contributed by atoms with van der Waals surface area (Å²) in [6, 6.07) is -2.29. The van der Waals surface area contributed by atoms with Gasteiger partial charge in [-0.2, -0.15) is 0 Å². The second-order valence-electron chi connectivity index (χ2n) is 4.58. The van der Waals surface area contributed by atoms with Gasteiger partial charge in [-0.15, -0.1) is 0 Å². The minimum atomic E-state index is -3.25. The Morgan fingerprint density at radius 1 is 1.47 bits per heavy atom. The van der Waals surface area contributed by atoms with E-state index in [1.165, 1.54) is 6.08 Å². The van der Waals surface area contributed by atoms with Crippen molar-refractivity contribution in [3.05, 3.63) is 11.5 Å². The summed E-state index contributed by atoms with van der Waals surface area (Å²) in [5.74, 6) is -1.52. The van der Waals surface area contributed by atoms with Gasteiger partial charge in [0.15, 0.2) is 9.84 Å². The summed E-state index contributed by atoms with van der Waals surface area (Å²) in [6.45, 7) is 3.55. The number of carboxylic acids is 1. The molecule has 0 fully saturated rings. The maximum absolute atomic E-state index is 11.6. The molecule has 8 heteroatoms. The summed E-state index contributed by atoms with van der Waals surface area (Å²) >= 11 is 0. The van der Waals surface area contributed by atoms with E-state index in [0.717, 1.165) is 5.41 Å². The number of sulfone groups is 1. The topological polar surface area (TPSA) is 113 Å². The number of nitrogens with one attached hydrogen (secondary N) is 2. The van der Waals surface area contributed by atoms with Crippen LogP contribution in [0.15, 0.2) is 11.5 Å². The Morgan fingerprint density at radius 3 is 2.53 bits per heavy atom. The highest BCUT2D eigenvalue weighted by Gasteiger charge is 2.28. The number of hydrogen-bond acceptors (Lipinski definition) is 4. The second kappa shape index (κ2) is 6.05. The van der Waals surface area contributed by atoms with E-state index < -0.39 is 33.9 Å².